The van der Waals surface area contributed by atoms with Gasteiger partial charge in [0.25, 0.3) is 0 Å². The predicted molar refractivity (Wildman–Crippen MR) is 77.1 cm³/mol. The third kappa shape index (κ3) is 2.18. The van der Waals surface area contributed by atoms with E-state index in [1.165, 1.54) is 0 Å². The quantitative estimate of drug-likeness (QED) is 0.912. The fourth-order valence-corrected chi connectivity index (χ4v) is 2.97. The molecule has 0 spiro atoms. The number of aromatic carboxylic acids is 1. The number of piperidine rings is 1. The molecule has 0 amide bonds. The zero-order valence-corrected chi connectivity index (χ0v) is 11.8. The first-order valence-electron chi connectivity index (χ1n) is 6.96. The minimum Gasteiger partial charge on any atom is -0.478 e. The van der Waals surface area contributed by atoms with Crippen LogP contribution in [0.3, 0.4) is 0 Å². The van der Waals surface area contributed by atoms with E-state index in [2.05, 4.69) is 28.4 Å². The molecule has 1 saturated heterocycles. The predicted octanol–water partition coefficient (Wildman–Crippen LogP) is 2.39. The van der Waals surface area contributed by atoms with E-state index >= 15 is 0 Å². The lowest BCUT2D eigenvalue weighted by molar-refractivity contribution is 0.0697. The van der Waals surface area contributed by atoms with E-state index in [-0.39, 0.29) is 0 Å². The van der Waals surface area contributed by atoms with Gasteiger partial charge in [-0.1, -0.05) is 0 Å². The fraction of sp³-hybridized carbons (Fsp3) is 0.467. The number of benzene rings is 1. The minimum absolute atomic E-state index is 0.291. The number of aromatic nitrogens is 2. The van der Waals surface area contributed by atoms with Crippen molar-refractivity contribution in [1.29, 1.82) is 0 Å². The number of rotatable bonds is 2. The number of carboxylic acids is 1. The summed E-state index contributed by atoms with van der Waals surface area (Å²) in [6, 6.07) is 6.18. The van der Waals surface area contributed by atoms with Crippen molar-refractivity contribution in [2.24, 2.45) is 0 Å². The Balaban J connectivity index is 1.95. The number of likely N-dealkylation sites (tertiary alicyclic amines) is 1. The van der Waals surface area contributed by atoms with Crippen LogP contribution < -0.4 is 0 Å². The molecule has 3 rings (SSSR count). The average molecular weight is 273 g/mol. The summed E-state index contributed by atoms with van der Waals surface area (Å²) in [6.07, 6.45) is 4.05. The molecule has 0 saturated carbocycles. The smallest absolute Gasteiger partial charge is 0.335 e. The van der Waals surface area contributed by atoms with Gasteiger partial charge in [0, 0.05) is 18.6 Å². The van der Waals surface area contributed by atoms with Gasteiger partial charge >= 0.3 is 5.97 Å². The molecule has 20 heavy (non-hydrogen) atoms. The Labute approximate surface area is 117 Å². The molecule has 2 heterocycles. The highest BCUT2D eigenvalue weighted by molar-refractivity contribution is 5.92. The van der Waals surface area contributed by atoms with Crippen molar-refractivity contribution in [2.75, 3.05) is 13.6 Å². The monoisotopic (exact) mass is 273 g/mol. The van der Waals surface area contributed by atoms with Gasteiger partial charge in [0.15, 0.2) is 0 Å². The van der Waals surface area contributed by atoms with Crippen LogP contribution in [-0.4, -0.2) is 45.2 Å². The van der Waals surface area contributed by atoms with Crippen molar-refractivity contribution in [3.63, 3.8) is 0 Å². The van der Waals surface area contributed by atoms with Crippen molar-refractivity contribution in [2.45, 2.75) is 31.8 Å². The molecule has 5 nitrogen and oxygen atoms in total. The second-order valence-corrected chi connectivity index (χ2v) is 5.67. The van der Waals surface area contributed by atoms with Crippen LogP contribution in [0.15, 0.2) is 24.5 Å². The molecule has 1 aromatic carbocycles. The molecule has 2 unspecified atom stereocenters. The topological polar surface area (TPSA) is 58.4 Å². The van der Waals surface area contributed by atoms with Gasteiger partial charge in [0.1, 0.15) is 0 Å². The summed E-state index contributed by atoms with van der Waals surface area (Å²) in [6.45, 7) is 3.33. The van der Waals surface area contributed by atoms with Crippen LogP contribution in [0.25, 0.3) is 11.0 Å². The van der Waals surface area contributed by atoms with Crippen LogP contribution in [0.1, 0.15) is 36.2 Å². The average Bonchev–Trinajstić information content (AvgIpc) is 2.84. The number of carbonyl (C=O) groups is 1. The summed E-state index contributed by atoms with van der Waals surface area (Å²) in [4.78, 5) is 17.7. The fourth-order valence-electron chi connectivity index (χ4n) is 2.97. The molecule has 1 fully saturated rings. The Morgan fingerprint density at radius 2 is 2.25 bits per heavy atom. The number of carboxylic acid groups (broad SMARTS) is 1. The zero-order chi connectivity index (χ0) is 14.3. The van der Waals surface area contributed by atoms with Crippen LogP contribution in [0.4, 0.5) is 0 Å². The summed E-state index contributed by atoms with van der Waals surface area (Å²) in [7, 11) is 2.16. The van der Waals surface area contributed by atoms with Gasteiger partial charge in [0.05, 0.1) is 22.9 Å². The van der Waals surface area contributed by atoms with Gasteiger partial charge in [-0.2, -0.15) is 0 Å². The molecule has 2 aromatic rings. The van der Waals surface area contributed by atoms with Gasteiger partial charge in [-0.25, -0.2) is 9.78 Å². The summed E-state index contributed by atoms with van der Waals surface area (Å²) in [5.74, 6) is -0.908. The summed E-state index contributed by atoms with van der Waals surface area (Å²) in [5.41, 5.74) is 2.08. The second kappa shape index (κ2) is 4.90. The maximum atomic E-state index is 11.0. The Hall–Kier alpha value is -1.88. The van der Waals surface area contributed by atoms with Crippen molar-refractivity contribution in [3.8, 4) is 0 Å². The highest BCUT2D eigenvalue weighted by Crippen LogP contribution is 2.29. The molecule has 0 aliphatic carbocycles. The van der Waals surface area contributed by atoms with Crippen molar-refractivity contribution < 1.29 is 9.90 Å². The van der Waals surface area contributed by atoms with Crippen LogP contribution in [0.2, 0.25) is 0 Å². The normalized spacial score (nSPS) is 24.1. The Kier molecular flexibility index (Phi) is 3.22. The summed E-state index contributed by atoms with van der Waals surface area (Å²) < 4.78 is 2.20. The lowest BCUT2D eigenvalue weighted by atomic mass is 9.98. The molecule has 5 heteroatoms. The number of nitrogens with zero attached hydrogens (tertiary/aromatic N) is 3. The van der Waals surface area contributed by atoms with Gasteiger partial charge in [-0.3, -0.25) is 0 Å². The van der Waals surface area contributed by atoms with Crippen LogP contribution in [0, 0.1) is 0 Å². The standard InChI is InChI=1S/C15H19N3O2/c1-10-7-12(5-6-17(10)2)18-9-16-13-8-11(15(19)20)3-4-14(13)18/h3-4,8-10,12H,5-7H2,1-2H3,(H,19,20). The number of imidazole rings is 1. The van der Waals surface area contributed by atoms with Gasteiger partial charge < -0.3 is 14.6 Å². The lowest BCUT2D eigenvalue weighted by Crippen LogP contribution is -2.38. The Bertz CT molecular complexity index is 650. The first kappa shape index (κ1) is 13.1. The Morgan fingerprint density at radius 1 is 1.45 bits per heavy atom. The van der Waals surface area contributed by atoms with Crippen LogP contribution in [0.5, 0.6) is 0 Å². The van der Waals surface area contributed by atoms with E-state index in [9.17, 15) is 4.79 Å². The third-order valence-electron chi connectivity index (χ3n) is 4.40. The molecule has 0 radical (unpaired) electrons. The van der Waals surface area contributed by atoms with E-state index in [4.69, 9.17) is 5.11 Å². The van der Waals surface area contributed by atoms with E-state index in [1.54, 1.807) is 12.1 Å². The largest absolute Gasteiger partial charge is 0.478 e. The highest BCUT2D eigenvalue weighted by atomic mass is 16.4. The zero-order valence-electron chi connectivity index (χ0n) is 11.8. The summed E-state index contributed by atoms with van der Waals surface area (Å²) in [5, 5.41) is 9.02. The van der Waals surface area contributed by atoms with Crippen molar-refractivity contribution >= 4 is 17.0 Å². The van der Waals surface area contributed by atoms with Crippen molar-refractivity contribution in [3.05, 3.63) is 30.1 Å². The molecule has 0 bridgehead atoms. The van der Waals surface area contributed by atoms with Crippen LogP contribution >= 0.6 is 0 Å². The molecule has 1 aromatic heterocycles. The molecule has 1 N–H and O–H groups in total. The van der Waals surface area contributed by atoms with Crippen molar-refractivity contribution in [1.82, 2.24) is 14.5 Å². The number of hydrogen-bond acceptors (Lipinski definition) is 3. The minimum atomic E-state index is -0.908. The van der Waals surface area contributed by atoms with Gasteiger partial charge in [-0.15, -0.1) is 0 Å². The third-order valence-corrected chi connectivity index (χ3v) is 4.40. The van der Waals surface area contributed by atoms with Gasteiger partial charge in [-0.05, 0) is 45.0 Å². The van der Waals surface area contributed by atoms with E-state index in [0.717, 1.165) is 30.4 Å². The van der Waals surface area contributed by atoms with E-state index in [0.29, 0.717) is 17.6 Å². The van der Waals surface area contributed by atoms with Crippen LogP contribution in [-0.2, 0) is 0 Å². The maximum Gasteiger partial charge on any atom is 0.335 e. The first-order chi connectivity index (χ1) is 9.56. The van der Waals surface area contributed by atoms with E-state index < -0.39 is 5.97 Å². The molecule has 1 aliphatic heterocycles. The van der Waals surface area contributed by atoms with Gasteiger partial charge in [0.2, 0.25) is 0 Å². The number of hydrogen-bond donors (Lipinski definition) is 1. The molecular formula is C15H19N3O2. The molecule has 2 atom stereocenters. The number of fused-ring (bicyclic) bond motifs is 1. The maximum absolute atomic E-state index is 11.0. The Morgan fingerprint density at radius 3 is 2.95 bits per heavy atom. The molecule has 1 aliphatic rings. The SMILES string of the molecule is CC1CC(n2cnc3cc(C(=O)O)ccc32)CCN1C. The molecular weight excluding hydrogens is 254 g/mol. The lowest BCUT2D eigenvalue weighted by Gasteiger charge is -2.35. The van der Waals surface area contributed by atoms with E-state index in [1.807, 2.05) is 12.4 Å². The second-order valence-electron chi connectivity index (χ2n) is 5.67. The highest BCUT2D eigenvalue weighted by Gasteiger charge is 2.25. The molecule has 106 valence electrons. The summed E-state index contributed by atoms with van der Waals surface area (Å²) >= 11 is 0. The first-order valence-corrected chi connectivity index (χ1v) is 6.96.